The lowest BCUT2D eigenvalue weighted by molar-refractivity contribution is -0.137. The van der Waals surface area contributed by atoms with E-state index in [0.717, 1.165) is 78.6 Å². The minimum absolute atomic E-state index is 0.0302. The first-order valence-electron chi connectivity index (χ1n) is 25.0. The van der Waals surface area contributed by atoms with E-state index in [0.29, 0.717) is 73.2 Å². The topological polar surface area (TPSA) is 145 Å². The summed E-state index contributed by atoms with van der Waals surface area (Å²) in [6, 6.07) is 7.99. The van der Waals surface area contributed by atoms with E-state index in [4.69, 9.17) is 19.1 Å². The molecule has 1 aliphatic carbocycles. The summed E-state index contributed by atoms with van der Waals surface area (Å²) < 4.78 is 11.3. The van der Waals surface area contributed by atoms with Crippen molar-refractivity contribution in [2.24, 2.45) is 22.1 Å². The van der Waals surface area contributed by atoms with Gasteiger partial charge in [0.15, 0.2) is 13.2 Å². The third-order valence-corrected chi connectivity index (χ3v) is 12.6. The standard InChI is InChI=1S/2C28H38N2O4/c1-20-10-8-12-23(4)34-28(32)27-22(3)16-21(2)17-24(27)18-25(13-9-11-20)29-33-19-26(31)30-14-6-5-7-15-30;1-21-16-22(2)27-24(17-21)18-25(14-10-5-3-4-6-11-15-33-28(27)32)30-34-20-26(31)29-19-23-12-8-7-9-13-23/h8-10,13,16-17,20,23H,5-7,11-12,14-15,18-19H2,1-4H3;4,6,10,14,16-17,23H,3,5,7-9,11-13,15,18-20H2,1-2H3,(H,29,31)/b10-8+,13-9+,29-25+;6-4+,14-10+,30-25?/t20-,23-;/m1./s1. The molecular weight excluding hydrogens is 857 g/mol. The number of nitrogens with zero attached hydrogens (tertiary/aromatic N) is 3. The third kappa shape index (κ3) is 18.4. The van der Waals surface area contributed by atoms with Gasteiger partial charge in [0.05, 0.1) is 29.2 Å². The van der Waals surface area contributed by atoms with Crippen molar-refractivity contribution in [3.8, 4) is 0 Å². The molecule has 0 aromatic heterocycles. The van der Waals surface area contributed by atoms with Gasteiger partial charge in [0.25, 0.3) is 11.8 Å². The summed E-state index contributed by atoms with van der Waals surface area (Å²) in [6.07, 6.45) is 30.4. The number of rotatable bonds is 8. The van der Waals surface area contributed by atoms with E-state index >= 15 is 0 Å². The molecule has 1 N–H and O–H groups in total. The van der Waals surface area contributed by atoms with Gasteiger partial charge in [-0.1, -0.05) is 108 Å². The summed E-state index contributed by atoms with van der Waals surface area (Å²) in [5.41, 5.74) is 8.11. The molecule has 2 fully saturated rings. The number of allylic oxidation sites excluding steroid dienone is 6. The van der Waals surface area contributed by atoms with Crippen LogP contribution in [0.25, 0.3) is 0 Å². The molecular formula is C56H76N4O8. The number of cyclic esters (lactones) is 2. The predicted octanol–water partition coefficient (Wildman–Crippen LogP) is 10.7. The summed E-state index contributed by atoms with van der Waals surface area (Å²) in [5.74, 6) is 0.107. The first kappa shape index (κ1) is 53.2. The molecule has 0 spiro atoms. The molecule has 4 aliphatic rings. The average Bonchev–Trinajstić information content (AvgIpc) is 3.30. The number of nitrogens with one attached hydrogen (secondary N) is 1. The van der Waals surface area contributed by atoms with Crippen LogP contribution in [0.4, 0.5) is 0 Å². The lowest BCUT2D eigenvalue weighted by Crippen LogP contribution is -2.37. The average molecular weight is 933 g/mol. The molecule has 2 aromatic carbocycles. The molecule has 68 heavy (non-hydrogen) atoms. The van der Waals surface area contributed by atoms with Gasteiger partial charge >= 0.3 is 11.9 Å². The van der Waals surface area contributed by atoms with Gasteiger partial charge in [-0.2, -0.15) is 0 Å². The number of carbonyl (C=O) groups excluding carboxylic acids is 4. The zero-order chi connectivity index (χ0) is 48.7. The fourth-order valence-corrected chi connectivity index (χ4v) is 9.12. The molecule has 1 saturated carbocycles. The zero-order valence-electron chi connectivity index (χ0n) is 41.6. The summed E-state index contributed by atoms with van der Waals surface area (Å²) in [6.45, 7) is 14.4. The number of oxime groups is 2. The van der Waals surface area contributed by atoms with Crippen molar-refractivity contribution in [3.05, 3.63) is 117 Å². The van der Waals surface area contributed by atoms with Crippen LogP contribution in [0.2, 0.25) is 0 Å². The second-order valence-electron chi connectivity index (χ2n) is 18.9. The van der Waals surface area contributed by atoms with Crippen LogP contribution in [0.15, 0.2) is 83.2 Å². The Labute approximate surface area is 405 Å². The molecule has 1 saturated heterocycles. The van der Waals surface area contributed by atoms with Crippen LogP contribution < -0.4 is 5.32 Å². The van der Waals surface area contributed by atoms with Crippen LogP contribution in [-0.4, -0.2) is 85.6 Å². The highest BCUT2D eigenvalue weighted by molar-refractivity contribution is 6.01. The van der Waals surface area contributed by atoms with Gasteiger partial charge in [0.1, 0.15) is 6.10 Å². The second kappa shape index (κ2) is 28.5. The number of benzene rings is 2. The van der Waals surface area contributed by atoms with E-state index in [1.807, 2.05) is 82.0 Å². The van der Waals surface area contributed by atoms with Crippen LogP contribution in [0.3, 0.4) is 0 Å². The Kier molecular flexibility index (Phi) is 22.3. The van der Waals surface area contributed by atoms with Crippen molar-refractivity contribution < 1.29 is 38.3 Å². The van der Waals surface area contributed by atoms with Crippen molar-refractivity contribution in [2.75, 3.05) is 39.5 Å². The first-order valence-corrected chi connectivity index (χ1v) is 25.0. The Morgan fingerprint density at radius 3 is 1.96 bits per heavy atom. The summed E-state index contributed by atoms with van der Waals surface area (Å²) in [4.78, 5) is 63.4. The van der Waals surface area contributed by atoms with E-state index < -0.39 is 0 Å². The number of amides is 2. The van der Waals surface area contributed by atoms with Crippen molar-refractivity contribution in [1.82, 2.24) is 10.2 Å². The van der Waals surface area contributed by atoms with Crippen molar-refractivity contribution in [2.45, 2.75) is 144 Å². The van der Waals surface area contributed by atoms with Crippen molar-refractivity contribution in [1.29, 1.82) is 0 Å². The van der Waals surface area contributed by atoms with Crippen LogP contribution in [0.1, 0.15) is 151 Å². The number of piperidine rings is 1. The number of esters is 2. The lowest BCUT2D eigenvalue weighted by Gasteiger charge is -2.26. The predicted molar refractivity (Wildman–Crippen MR) is 270 cm³/mol. The normalized spacial score (nSPS) is 23.1. The third-order valence-electron chi connectivity index (χ3n) is 12.6. The van der Waals surface area contributed by atoms with Gasteiger partial charge in [-0.05, 0) is 139 Å². The van der Waals surface area contributed by atoms with E-state index in [1.54, 1.807) is 0 Å². The maximum Gasteiger partial charge on any atom is 0.338 e. The minimum atomic E-state index is -0.317. The highest BCUT2D eigenvalue weighted by Gasteiger charge is 2.22. The van der Waals surface area contributed by atoms with Crippen LogP contribution in [0.5, 0.6) is 0 Å². The fourth-order valence-electron chi connectivity index (χ4n) is 9.12. The molecule has 0 unspecified atom stereocenters. The zero-order valence-corrected chi connectivity index (χ0v) is 41.6. The molecule has 2 amide bonds. The molecule has 368 valence electrons. The summed E-state index contributed by atoms with van der Waals surface area (Å²) in [7, 11) is 0. The quantitative estimate of drug-likeness (QED) is 0.156. The van der Waals surface area contributed by atoms with Crippen molar-refractivity contribution >= 4 is 35.2 Å². The Morgan fingerprint density at radius 2 is 1.28 bits per heavy atom. The number of carbonyl (C=O) groups is 4. The highest BCUT2D eigenvalue weighted by Crippen LogP contribution is 2.24. The summed E-state index contributed by atoms with van der Waals surface area (Å²) in [5, 5.41) is 11.6. The molecule has 6 rings (SSSR count). The van der Waals surface area contributed by atoms with E-state index in [1.165, 1.54) is 38.5 Å². The number of ether oxygens (including phenoxy) is 2. The molecule has 2 atom stereocenters. The Bertz CT molecular complexity index is 2190. The van der Waals surface area contributed by atoms with Crippen LogP contribution >= 0.6 is 0 Å². The fraction of sp³-hybridized carbons (Fsp3) is 0.536. The molecule has 3 heterocycles. The lowest BCUT2D eigenvalue weighted by atomic mass is 9.89. The Hall–Kier alpha value is -5.78. The van der Waals surface area contributed by atoms with E-state index in [-0.39, 0.29) is 43.1 Å². The smallest absolute Gasteiger partial charge is 0.338 e. The van der Waals surface area contributed by atoms with Gasteiger partial charge in [-0.25, -0.2) is 9.59 Å². The molecule has 0 bridgehead atoms. The number of likely N-dealkylation sites (tertiary alicyclic amines) is 1. The molecule has 2 aromatic rings. The molecule has 12 heteroatoms. The summed E-state index contributed by atoms with van der Waals surface area (Å²) >= 11 is 0. The number of hydrogen-bond donors (Lipinski definition) is 1. The Morgan fingerprint density at radius 1 is 0.691 bits per heavy atom. The second-order valence-corrected chi connectivity index (χ2v) is 18.9. The van der Waals surface area contributed by atoms with Gasteiger partial charge in [-0.15, -0.1) is 0 Å². The molecule has 3 aliphatic heterocycles. The SMILES string of the molecule is Cc1cc(C)c2c(c1)CC(=N/OCC(=O)N1CCCCC1)/C=C/C[C@H](C)/C=C/C[C@@H](C)OC2=O.Cc1cc(C)c2c(c1)CC(=NOCC(=O)NCC1CCCCC1)/C=C/CC/C=C/CCOC2=O. The highest BCUT2D eigenvalue weighted by atomic mass is 16.6. The maximum atomic E-state index is 13.1. The molecule has 0 radical (unpaired) electrons. The van der Waals surface area contributed by atoms with Crippen LogP contribution in [0, 0.1) is 39.5 Å². The number of fused-ring (bicyclic) bond motifs is 2. The van der Waals surface area contributed by atoms with Gasteiger partial charge in [0.2, 0.25) is 0 Å². The van der Waals surface area contributed by atoms with Gasteiger partial charge < -0.3 is 29.4 Å². The molecule has 12 nitrogen and oxygen atoms in total. The maximum absolute atomic E-state index is 13.1. The Balaban J connectivity index is 0.000000254. The number of hydrogen-bond acceptors (Lipinski definition) is 10. The largest absolute Gasteiger partial charge is 0.462 e. The monoisotopic (exact) mass is 933 g/mol. The van der Waals surface area contributed by atoms with Crippen LogP contribution in [-0.2, 0) is 41.6 Å². The first-order chi connectivity index (χ1) is 32.9. The van der Waals surface area contributed by atoms with Gasteiger partial charge in [-0.3, -0.25) is 9.59 Å². The van der Waals surface area contributed by atoms with E-state index in [9.17, 15) is 19.2 Å². The minimum Gasteiger partial charge on any atom is -0.462 e. The van der Waals surface area contributed by atoms with E-state index in [2.05, 4.69) is 52.9 Å². The number of aryl methyl sites for hydroxylation is 4. The van der Waals surface area contributed by atoms with Gasteiger partial charge in [0, 0.05) is 38.9 Å². The van der Waals surface area contributed by atoms with Crippen molar-refractivity contribution in [3.63, 3.8) is 0 Å².